The Morgan fingerprint density at radius 1 is 1.17 bits per heavy atom. The van der Waals surface area contributed by atoms with Gasteiger partial charge in [-0.15, -0.1) is 0 Å². The van der Waals surface area contributed by atoms with Gasteiger partial charge in [0.1, 0.15) is 10.8 Å². The Morgan fingerprint density at radius 3 is 2.53 bits per heavy atom. The average molecular weight is 431 g/mol. The summed E-state index contributed by atoms with van der Waals surface area (Å²) in [5, 5.41) is 5.36. The molecule has 0 bridgehead atoms. The molecule has 162 valence electrons. The molecule has 2 heterocycles. The van der Waals surface area contributed by atoms with Crippen LogP contribution in [-0.2, 0) is 23.2 Å². The van der Waals surface area contributed by atoms with Gasteiger partial charge in [0.05, 0.1) is 18.9 Å². The number of rotatable bonds is 9. The van der Waals surface area contributed by atoms with Crippen molar-refractivity contribution in [3.8, 4) is 5.75 Å². The molecule has 0 fully saturated rings. The fourth-order valence-corrected chi connectivity index (χ4v) is 4.00. The van der Waals surface area contributed by atoms with E-state index in [1.807, 2.05) is 19.1 Å². The molecule has 0 aliphatic rings. The van der Waals surface area contributed by atoms with Gasteiger partial charge in [-0.25, -0.2) is 4.98 Å². The molecular formula is C22H30N4O3S. The van der Waals surface area contributed by atoms with E-state index in [2.05, 4.69) is 42.9 Å². The number of fused-ring (bicyclic) bond motifs is 1. The third-order valence-electron chi connectivity index (χ3n) is 4.58. The zero-order chi connectivity index (χ0) is 21.7. The molecule has 7 nitrogen and oxygen atoms in total. The fourth-order valence-electron chi connectivity index (χ4n) is 3.02. The molecule has 3 rings (SSSR count). The molecule has 0 N–H and O–H groups in total. The van der Waals surface area contributed by atoms with E-state index in [1.54, 1.807) is 13.2 Å². The van der Waals surface area contributed by atoms with Crippen LogP contribution in [-0.4, -0.2) is 46.4 Å². The molecule has 30 heavy (non-hydrogen) atoms. The van der Waals surface area contributed by atoms with E-state index in [0.29, 0.717) is 24.7 Å². The van der Waals surface area contributed by atoms with Gasteiger partial charge in [0.2, 0.25) is 4.96 Å². The Kier molecular flexibility index (Phi) is 7.23. The van der Waals surface area contributed by atoms with Gasteiger partial charge in [0.25, 0.3) is 5.56 Å². The van der Waals surface area contributed by atoms with Gasteiger partial charge in [-0.05, 0) is 24.6 Å². The first kappa shape index (κ1) is 22.4. The van der Waals surface area contributed by atoms with Crippen LogP contribution in [0.1, 0.15) is 44.0 Å². The molecule has 0 atom stereocenters. The minimum absolute atomic E-state index is 0.122. The predicted octanol–water partition coefficient (Wildman–Crippen LogP) is 3.50. The van der Waals surface area contributed by atoms with E-state index in [-0.39, 0.29) is 11.0 Å². The molecule has 0 aliphatic carbocycles. The summed E-state index contributed by atoms with van der Waals surface area (Å²) >= 11 is 1.47. The smallest absolute Gasteiger partial charge is 0.275 e. The van der Waals surface area contributed by atoms with Crippen LogP contribution in [0.15, 0.2) is 35.1 Å². The molecule has 0 aliphatic heterocycles. The van der Waals surface area contributed by atoms with Crippen molar-refractivity contribution >= 4 is 16.3 Å². The number of methoxy groups -OCH3 is 1. The van der Waals surface area contributed by atoms with Crippen molar-refractivity contribution in [3.63, 3.8) is 0 Å². The zero-order valence-electron chi connectivity index (χ0n) is 18.3. The second kappa shape index (κ2) is 9.68. The molecule has 8 heteroatoms. The van der Waals surface area contributed by atoms with E-state index in [4.69, 9.17) is 14.5 Å². The Balaban J connectivity index is 1.81. The standard InChI is InChI=1S/C22H30N4O3S/c1-6-29-18-9-7-16(8-10-18)14-25(11-12-28-5)15-17-13-19(27)26-21(23-17)30-20(24-26)22(2,3)4/h7-10,13H,6,11-12,14-15H2,1-5H3. The van der Waals surface area contributed by atoms with Gasteiger partial charge >= 0.3 is 0 Å². The molecule has 3 aromatic rings. The van der Waals surface area contributed by atoms with E-state index < -0.39 is 0 Å². The van der Waals surface area contributed by atoms with Crippen LogP contribution in [0, 0.1) is 0 Å². The lowest BCUT2D eigenvalue weighted by atomic mass is 9.98. The van der Waals surface area contributed by atoms with Gasteiger partial charge < -0.3 is 9.47 Å². The minimum Gasteiger partial charge on any atom is -0.494 e. The van der Waals surface area contributed by atoms with Gasteiger partial charge in [-0.2, -0.15) is 9.61 Å². The zero-order valence-corrected chi connectivity index (χ0v) is 19.2. The van der Waals surface area contributed by atoms with Crippen LogP contribution in [0.4, 0.5) is 0 Å². The van der Waals surface area contributed by atoms with Crippen LogP contribution in [0.25, 0.3) is 4.96 Å². The molecule has 0 radical (unpaired) electrons. The van der Waals surface area contributed by atoms with Crippen LogP contribution in [0.5, 0.6) is 5.75 Å². The number of hydrogen-bond acceptors (Lipinski definition) is 7. The van der Waals surface area contributed by atoms with Crippen LogP contribution in [0.2, 0.25) is 0 Å². The van der Waals surface area contributed by atoms with E-state index in [1.165, 1.54) is 21.4 Å². The van der Waals surface area contributed by atoms with Crippen molar-refractivity contribution in [2.24, 2.45) is 0 Å². The summed E-state index contributed by atoms with van der Waals surface area (Å²) in [5.74, 6) is 0.865. The largest absolute Gasteiger partial charge is 0.494 e. The molecule has 0 unspecified atom stereocenters. The van der Waals surface area contributed by atoms with Crippen LogP contribution < -0.4 is 10.3 Å². The first-order chi connectivity index (χ1) is 14.3. The highest BCUT2D eigenvalue weighted by Gasteiger charge is 2.21. The van der Waals surface area contributed by atoms with Gasteiger partial charge in [-0.3, -0.25) is 9.69 Å². The second-order valence-electron chi connectivity index (χ2n) is 8.22. The van der Waals surface area contributed by atoms with Crippen LogP contribution >= 0.6 is 11.3 Å². The monoisotopic (exact) mass is 430 g/mol. The van der Waals surface area contributed by atoms with E-state index in [9.17, 15) is 4.79 Å². The SMILES string of the molecule is CCOc1ccc(CN(CCOC)Cc2cc(=O)n3nc(C(C)(C)C)sc3n2)cc1. The first-order valence-electron chi connectivity index (χ1n) is 10.1. The van der Waals surface area contributed by atoms with Crippen molar-refractivity contribution in [3.05, 3.63) is 57.0 Å². The van der Waals surface area contributed by atoms with Crippen molar-refractivity contribution < 1.29 is 9.47 Å². The third-order valence-corrected chi connectivity index (χ3v) is 5.91. The topological polar surface area (TPSA) is 69.0 Å². The van der Waals surface area contributed by atoms with E-state index in [0.717, 1.165) is 29.5 Å². The van der Waals surface area contributed by atoms with Gasteiger partial charge in [0, 0.05) is 38.2 Å². The Hall–Kier alpha value is -2.29. The Morgan fingerprint density at radius 2 is 1.90 bits per heavy atom. The quantitative estimate of drug-likeness (QED) is 0.518. The van der Waals surface area contributed by atoms with Gasteiger partial charge in [0.15, 0.2) is 0 Å². The summed E-state index contributed by atoms with van der Waals surface area (Å²) < 4.78 is 12.2. The summed E-state index contributed by atoms with van der Waals surface area (Å²) in [7, 11) is 1.69. The normalized spacial score (nSPS) is 12.1. The molecule has 1 aromatic carbocycles. The molecule has 0 amide bonds. The highest BCUT2D eigenvalue weighted by atomic mass is 32.1. The molecule has 2 aromatic heterocycles. The molecule has 0 saturated heterocycles. The molecule has 0 saturated carbocycles. The highest BCUT2D eigenvalue weighted by molar-refractivity contribution is 7.16. The maximum atomic E-state index is 12.6. The number of benzene rings is 1. The number of ether oxygens (including phenoxy) is 2. The first-order valence-corrected chi connectivity index (χ1v) is 10.9. The predicted molar refractivity (Wildman–Crippen MR) is 119 cm³/mol. The summed E-state index contributed by atoms with van der Waals surface area (Å²) in [6.07, 6.45) is 0. The molecular weight excluding hydrogens is 400 g/mol. The third kappa shape index (κ3) is 5.65. The maximum Gasteiger partial charge on any atom is 0.275 e. The lowest BCUT2D eigenvalue weighted by Gasteiger charge is -2.21. The number of hydrogen-bond donors (Lipinski definition) is 0. The number of nitrogens with zero attached hydrogens (tertiary/aromatic N) is 4. The number of aromatic nitrogens is 3. The highest BCUT2D eigenvalue weighted by Crippen LogP contribution is 2.26. The fraction of sp³-hybridized carbons (Fsp3) is 0.500. The van der Waals surface area contributed by atoms with E-state index >= 15 is 0 Å². The lowest BCUT2D eigenvalue weighted by Crippen LogP contribution is -2.28. The lowest BCUT2D eigenvalue weighted by molar-refractivity contribution is 0.139. The van der Waals surface area contributed by atoms with Crippen molar-refractivity contribution in [2.45, 2.75) is 46.2 Å². The molecule has 0 spiro atoms. The summed E-state index contributed by atoms with van der Waals surface area (Å²) in [6, 6.07) is 9.67. The maximum absolute atomic E-state index is 12.6. The Labute approximate surface area is 181 Å². The van der Waals surface area contributed by atoms with Crippen molar-refractivity contribution in [1.82, 2.24) is 19.5 Å². The summed E-state index contributed by atoms with van der Waals surface area (Å²) in [5.41, 5.74) is 1.64. The summed E-state index contributed by atoms with van der Waals surface area (Å²) in [6.45, 7) is 11.5. The Bertz CT molecular complexity index is 1020. The van der Waals surface area contributed by atoms with Gasteiger partial charge in [-0.1, -0.05) is 44.2 Å². The van der Waals surface area contributed by atoms with Crippen LogP contribution in [0.3, 0.4) is 0 Å². The average Bonchev–Trinajstić information content (AvgIpc) is 3.13. The minimum atomic E-state index is -0.144. The van der Waals surface area contributed by atoms with Crippen molar-refractivity contribution in [2.75, 3.05) is 26.9 Å². The van der Waals surface area contributed by atoms with Crippen molar-refractivity contribution in [1.29, 1.82) is 0 Å². The summed E-state index contributed by atoms with van der Waals surface area (Å²) in [4.78, 5) is 20.2. The second-order valence-corrected chi connectivity index (χ2v) is 9.17.